The molecule has 2 atom stereocenters. The lowest BCUT2D eigenvalue weighted by Crippen LogP contribution is -2.49. The molecule has 0 aliphatic carbocycles. The zero-order valence-electron chi connectivity index (χ0n) is 18.0. The lowest BCUT2D eigenvalue weighted by atomic mass is 9.81. The van der Waals surface area contributed by atoms with Crippen LogP contribution in [0.1, 0.15) is 39.7 Å². The van der Waals surface area contributed by atoms with Crippen molar-refractivity contribution in [2.75, 3.05) is 31.7 Å². The van der Waals surface area contributed by atoms with Crippen molar-refractivity contribution in [1.82, 2.24) is 4.90 Å². The van der Waals surface area contributed by atoms with Crippen molar-refractivity contribution >= 4 is 28.8 Å². The Bertz CT molecular complexity index is 1080. The van der Waals surface area contributed by atoms with Crippen LogP contribution in [0.3, 0.4) is 0 Å². The van der Waals surface area contributed by atoms with E-state index in [1.807, 2.05) is 42.6 Å². The quantitative estimate of drug-likeness (QED) is 0.514. The predicted molar refractivity (Wildman–Crippen MR) is 124 cm³/mol. The van der Waals surface area contributed by atoms with E-state index >= 15 is 0 Å². The fourth-order valence-corrected chi connectivity index (χ4v) is 5.20. The van der Waals surface area contributed by atoms with E-state index in [1.165, 1.54) is 23.5 Å². The smallest absolute Gasteiger partial charge is 0.254 e. The molecular formula is C25H25FN2O3S. The van der Waals surface area contributed by atoms with E-state index in [-0.39, 0.29) is 17.6 Å². The number of rotatable bonds is 7. The number of benzene rings is 2. The van der Waals surface area contributed by atoms with Gasteiger partial charge in [-0.05, 0) is 54.3 Å². The summed E-state index contributed by atoms with van der Waals surface area (Å²) in [5.74, 6) is -1.18. The fourth-order valence-electron chi connectivity index (χ4n) is 4.32. The number of hydrogen-bond donors (Lipinski definition) is 0. The van der Waals surface area contributed by atoms with Gasteiger partial charge >= 0.3 is 0 Å². The van der Waals surface area contributed by atoms with Crippen LogP contribution in [0.2, 0.25) is 0 Å². The Hall–Kier alpha value is -3.03. The second kappa shape index (κ2) is 9.63. The molecule has 1 aliphatic rings. The highest BCUT2D eigenvalue weighted by Gasteiger charge is 2.45. The SMILES string of the molecule is CCN(C(=O)[C@H]1c2ccccc2C(=O)N(CCOC)[C@H]1c1cccs1)c1ccc(F)cc1. The number of halogens is 1. The molecule has 0 spiro atoms. The first-order valence-electron chi connectivity index (χ1n) is 10.6. The molecule has 0 unspecified atom stereocenters. The number of hydrogen-bond acceptors (Lipinski definition) is 4. The highest BCUT2D eigenvalue weighted by Crippen LogP contribution is 2.45. The van der Waals surface area contributed by atoms with E-state index in [2.05, 4.69) is 0 Å². The summed E-state index contributed by atoms with van der Waals surface area (Å²) in [6.07, 6.45) is 0. The van der Waals surface area contributed by atoms with Crippen LogP contribution in [0.15, 0.2) is 66.0 Å². The van der Waals surface area contributed by atoms with Crippen molar-refractivity contribution < 1.29 is 18.7 Å². The highest BCUT2D eigenvalue weighted by molar-refractivity contribution is 7.10. The molecule has 5 nitrogen and oxygen atoms in total. The molecule has 2 amide bonds. The molecular weight excluding hydrogens is 427 g/mol. The Labute approximate surface area is 191 Å². The molecule has 2 aromatic carbocycles. The molecule has 1 aliphatic heterocycles. The summed E-state index contributed by atoms with van der Waals surface area (Å²) in [6, 6.07) is 16.7. The van der Waals surface area contributed by atoms with Gasteiger partial charge in [0.2, 0.25) is 5.91 Å². The van der Waals surface area contributed by atoms with Gasteiger partial charge in [0.1, 0.15) is 5.82 Å². The monoisotopic (exact) mass is 452 g/mol. The lowest BCUT2D eigenvalue weighted by molar-refractivity contribution is -0.121. The van der Waals surface area contributed by atoms with Crippen LogP contribution in [0.4, 0.5) is 10.1 Å². The van der Waals surface area contributed by atoms with Crippen molar-refractivity contribution in [3.63, 3.8) is 0 Å². The van der Waals surface area contributed by atoms with Crippen molar-refractivity contribution in [2.45, 2.75) is 18.9 Å². The fraction of sp³-hybridized carbons (Fsp3) is 0.280. The number of thiophene rings is 1. The van der Waals surface area contributed by atoms with Crippen LogP contribution < -0.4 is 4.90 Å². The van der Waals surface area contributed by atoms with Crippen molar-refractivity contribution in [3.05, 3.63) is 87.9 Å². The Morgan fingerprint density at radius 3 is 2.53 bits per heavy atom. The van der Waals surface area contributed by atoms with Crippen LogP contribution >= 0.6 is 11.3 Å². The third-order valence-electron chi connectivity index (χ3n) is 5.80. The Balaban J connectivity index is 1.85. The largest absolute Gasteiger partial charge is 0.383 e. The van der Waals surface area contributed by atoms with Gasteiger partial charge in [-0.1, -0.05) is 24.3 Å². The summed E-state index contributed by atoms with van der Waals surface area (Å²) in [6.45, 7) is 3.06. The van der Waals surface area contributed by atoms with Crippen molar-refractivity contribution in [1.29, 1.82) is 0 Å². The zero-order chi connectivity index (χ0) is 22.7. The second-order valence-electron chi connectivity index (χ2n) is 7.58. The number of fused-ring (bicyclic) bond motifs is 1. The van der Waals surface area contributed by atoms with Gasteiger partial charge in [0.15, 0.2) is 0 Å². The minimum atomic E-state index is -0.593. The Kier molecular flexibility index (Phi) is 6.67. The highest BCUT2D eigenvalue weighted by atomic mass is 32.1. The summed E-state index contributed by atoms with van der Waals surface area (Å²) in [5.41, 5.74) is 1.88. The average molecular weight is 453 g/mol. The summed E-state index contributed by atoms with van der Waals surface area (Å²) in [7, 11) is 1.60. The van der Waals surface area contributed by atoms with E-state index in [9.17, 15) is 14.0 Å². The van der Waals surface area contributed by atoms with E-state index in [4.69, 9.17) is 4.74 Å². The molecule has 7 heteroatoms. The van der Waals surface area contributed by atoms with Crippen LogP contribution in [-0.4, -0.2) is 43.5 Å². The van der Waals surface area contributed by atoms with Crippen LogP contribution in [0.5, 0.6) is 0 Å². The van der Waals surface area contributed by atoms with E-state index in [1.54, 1.807) is 35.1 Å². The van der Waals surface area contributed by atoms with Gasteiger partial charge in [0.05, 0.1) is 18.6 Å². The first-order valence-corrected chi connectivity index (χ1v) is 11.4. The minimum absolute atomic E-state index is 0.107. The molecule has 0 saturated carbocycles. The van der Waals surface area contributed by atoms with Crippen molar-refractivity contribution in [3.8, 4) is 0 Å². The summed E-state index contributed by atoms with van der Waals surface area (Å²) in [4.78, 5) is 31.9. The molecule has 0 N–H and O–H groups in total. The van der Waals surface area contributed by atoms with Gasteiger partial charge in [0, 0.05) is 36.3 Å². The maximum atomic E-state index is 14.1. The third kappa shape index (κ3) is 4.06. The molecule has 0 saturated heterocycles. The van der Waals surface area contributed by atoms with Gasteiger partial charge in [-0.25, -0.2) is 4.39 Å². The number of carbonyl (C=O) groups is 2. The van der Waals surface area contributed by atoms with Crippen LogP contribution in [-0.2, 0) is 9.53 Å². The third-order valence-corrected chi connectivity index (χ3v) is 6.74. The van der Waals surface area contributed by atoms with E-state index < -0.39 is 12.0 Å². The first-order chi connectivity index (χ1) is 15.6. The molecule has 2 heterocycles. The normalized spacial score (nSPS) is 17.8. The van der Waals surface area contributed by atoms with Gasteiger partial charge in [-0.2, -0.15) is 0 Å². The standard InChI is InChI=1S/C25H25FN2O3S/c1-3-27(18-12-10-17(26)11-13-18)25(30)22-19-7-4-5-8-20(19)24(29)28(14-15-31-2)23(22)21-9-6-16-32-21/h4-13,16,22-23H,3,14-15H2,1-2H3/t22-,23-/m0/s1. The number of likely N-dealkylation sites (N-methyl/N-ethyl adjacent to an activating group) is 1. The molecule has 4 rings (SSSR count). The number of methoxy groups -OCH3 is 1. The molecule has 0 fully saturated rings. The number of amides is 2. The topological polar surface area (TPSA) is 49.9 Å². The maximum absolute atomic E-state index is 14.1. The van der Waals surface area contributed by atoms with Gasteiger partial charge < -0.3 is 14.5 Å². The lowest BCUT2D eigenvalue weighted by Gasteiger charge is -2.42. The maximum Gasteiger partial charge on any atom is 0.254 e. The summed E-state index contributed by atoms with van der Waals surface area (Å²) < 4.78 is 18.8. The predicted octanol–water partition coefficient (Wildman–Crippen LogP) is 4.87. The Morgan fingerprint density at radius 1 is 1.12 bits per heavy atom. The number of carbonyl (C=O) groups excluding carboxylic acids is 2. The number of ether oxygens (including phenoxy) is 1. The second-order valence-corrected chi connectivity index (χ2v) is 8.55. The summed E-state index contributed by atoms with van der Waals surface area (Å²) >= 11 is 1.53. The molecule has 32 heavy (non-hydrogen) atoms. The van der Waals surface area contributed by atoms with Crippen LogP contribution in [0.25, 0.3) is 0 Å². The van der Waals surface area contributed by atoms with E-state index in [0.29, 0.717) is 30.9 Å². The molecule has 166 valence electrons. The van der Waals surface area contributed by atoms with Gasteiger partial charge in [-0.3, -0.25) is 9.59 Å². The minimum Gasteiger partial charge on any atom is -0.383 e. The van der Waals surface area contributed by atoms with Gasteiger partial charge in [-0.15, -0.1) is 11.3 Å². The van der Waals surface area contributed by atoms with Crippen LogP contribution in [0, 0.1) is 5.82 Å². The Morgan fingerprint density at radius 2 is 1.88 bits per heavy atom. The number of nitrogens with zero attached hydrogens (tertiary/aromatic N) is 2. The summed E-state index contributed by atoms with van der Waals surface area (Å²) in [5, 5.41) is 1.95. The zero-order valence-corrected chi connectivity index (χ0v) is 18.8. The molecule has 0 bridgehead atoms. The number of anilines is 1. The van der Waals surface area contributed by atoms with Gasteiger partial charge in [0.25, 0.3) is 5.91 Å². The molecule has 0 radical (unpaired) electrons. The van der Waals surface area contributed by atoms with E-state index in [0.717, 1.165) is 10.4 Å². The molecule has 3 aromatic rings. The first kappa shape index (κ1) is 22.2. The molecule has 1 aromatic heterocycles. The van der Waals surface area contributed by atoms with Crippen molar-refractivity contribution in [2.24, 2.45) is 0 Å². The average Bonchev–Trinajstić information content (AvgIpc) is 3.34.